The lowest BCUT2D eigenvalue weighted by Crippen LogP contribution is -2.09. The van der Waals surface area contributed by atoms with Crippen molar-refractivity contribution in [3.63, 3.8) is 0 Å². The SMILES string of the molecule is COc1ccc(Cn2cnc(N)c3nc(C(C)C)nc2-3)cc1OCc1ccccc1.Cl. The van der Waals surface area contributed by atoms with Crippen LogP contribution in [-0.4, -0.2) is 26.6 Å². The van der Waals surface area contributed by atoms with Crippen LogP contribution >= 0.6 is 12.4 Å². The van der Waals surface area contributed by atoms with Gasteiger partial charge in [-0.3, -0.25) is 0 Å². The topological polar surface area (TPSA) is 88.1 Å². The molecule has 31 heavy (non-hydrogen) atoms. The molecule has 0 unspecified atom stereocenters. The molecule has 2 aliphatic rings. The van der Waals surface area contributed by atoms with Gasteiger partial charge in [0.25, 0.3) is 0 Å². The number of nitrogens with zero attached hydrogens (tertiary/aromatic N) is 4. The summed E-state index contributed by atoms with van der Waals surface area (Å²) in [5, 5.41) is 0. The molecule has 2 heterocycles. The number of imidazole rings is 1. The van der Waals surface area contributed by atoms with E-state index in [0.29, 0.717) is 36.2 Å². The summed E-state index contributed by atoms with van der Waals surface area (Å²) in [5.41, 5.74) is 8.79. The number of rotatable bonds is 7. The van der Waals surface area contributed by atoms with Crippen LogP contribution in [0.4, 0.5) is 5.82 Å². The minimum absolute atomic E-state index is 0. The highest BCUT2D eigenvalue weighted by atomic mass is 35.5. The number of halogens is 1. The second-order valence-corrected chi connectivity index (χ2v) is 7.43. The van der Waals surface area contributed by atoms with Gasteiger partial charge in [0.2, 0.25) is 0 Å². The highest BCUT2D eigenvalue weighted by Crippen LogP contribution is 2.31. The van der Waals surface area contributed by atoms with Crippen LogP contribution in [0.2, 0.25) is 0 Å². The van der Waals surface area contributed by atoms with Crippen molar-refractivity contribution in [1.82, 2.24) is 19.5 Å². The smallest absolute Gasteiger partial charge is 0.166 e. The summed E-state index contributed by atoms with van der Waals surface area (Å²) in [6.45, 7) is 5.14. The zero-order valence-electron chi connectivity index (χ0n) is 17.8. The van der Waals surface area contributed by atoms with Crippen molar-refractivity contribution in [3.05, 3.63) is 71.8 Å². The fourth-order valence-electron chi connectivity index (χ4n) is 3.21. The maximum Gasteiger partial charge on any atom is 0.166 e. The Morgan fingerprint density at radius 2 is 1.77 bits per heavy atom. The fraction of sp³-hybridized carbons (Fsp3) is 0.261. The molecule has 4 rings (SSSR count). The monoisotopic (exact) mass is 439 g/mol. The quantitative estimate of drug-likeness (QED) is 0.454. The van der Waals surface area contributed by atoms with Crippen molar-refractivity contribution in [2.45, 2.75) is 32.9 Å². The van der Waals surface area contributed by atoms with Gasteiger partial charge in [0.05, 0.1) is 20.0 Å². The van der Waals surface area contributed by atoms with Gasteiger partial charge in [0, 0.05) is 5.92 Å². The molecule has 0 amide bonds. The first-order chi connectivity index (χ1) is 14.5. The Morgan fingerprint density at radius 3 is 2.48 bits per heavy atom. The van der Waals surface area contributed by atoms with E-state index >= 15 is 0 Å². The second-order valence-electron chi connectivity index (χ2n) is 7.43. The van der Waals surface area contributed by atoms with Crippen LogP contribution in [0.5, 0.6) is 11.5 Å². The van der Waals surface area contributed by atoms with Gasteiger partial charge < -0.3 is 19.8 Å². The Balaban J connectivity index is 0.00000272. The lowest BCUT2D eigenvalue weighted by atomic mass is 10.2. The van der Waals surface area contributed by atoms with Gasteiger partial charge in [-0.15, -0.1) is 12.4 Å². The van der Waals surface area contributed by atoms with Gasteiger partial charge in [-0.1, -0.05) is 50.2 Å². The standard InChI is InChI=1S/C23H25N5O2.ClH/c1-15(2)22-26-20-21(24)25-14-28(23(20)27-22)12-17-9-10-18(29-3)19(11-17)30-13-16-7-5-4-6-8-16;/h4-11,14-15H,12-13,24H2,1-3H3;1H. The first-order valence-corrected chi connectivity index (χ1v) is 9.87. The molecule has 0 bridgehead atoms. The number of hydrogen-bond donors (Lipinski definition) is 1. The molecule has 2 aliphatic heterocycles. The molecule has 0 aliphatic carbocycles. The second kappa shape index (κ2) is 9.66. The van der Waals surface area contributed by atoms with E-state index in [9.17, 15) is 0 Å². The molecule has 0 fully saturated rings. The van der Waals surface area contributed by atoms with E-state index in [1.54, 1.807) is 13.4 Å². The van der Waals surface area contributed by atoms with Gasteiger partial charge in [-0.2, -0.15) is 0 Å². The Labute approximate surface area is 188 Å². The van der Waals surface area contributed by atoms with Crippen molar-refractivity contribution in [3.8, 4) is 23.0 Å². The van der Waals surface area contributed by atoms with Crippen molar-refractivity contribution in [1.29, 1.82) is 0 Å². The molecule has 0 aromatic heterocycles. The third kappa shape index (κ3) is 4.88. The minimum atomic E-state index is 0. The third-order valence-corrected chi connectivity index (χ3v) is 4.84. The Morgan fingerprint density at radius 1 is 1.00 bits per heavy atom. The first-order valence-electron chi connectivity index (χ1n) is 9.87. The number of benzene rings is 2. The van der Waals surface area contributed by atoms with Gasteiger partial charge in [0.15, 0.2) is 28.8 Å². The lowest BCUT2D eigenvalue weighted by Gasteiger charge is -2.15. The first kappa shape index (κ1) is 22.4. The molecular formula is C23H26ClN5O2. The summed E-state index contributed by atoms with van der Waals surface area (Å²) in [5.74, 6) is 3.48. The molecule has 0 radical (unpaired) electrons. The number of anilines is 1. The molecule has 2 N–H and O–H groups in total. The highest BCUT2D eigenvalue weighted by Gasteiger charge is 2.20. The molecule has 0 saturated heterocycles. The third-order valence-electron chi connectivity index (χ3n) is 4.84. The summed E-state index contributed by atoms with van der Waals surface area (Å²) in [6, 6.07) is 15.9. The summed E-state index contributed by atoms with van der Waals surface area (Å²) < 4.78 is 13.5. The Bertz CT molecular complexity index is 1110. The highest BCUT2D eigenvalue weighted by molar-refractivity contribution is 5.85. The molecule has 0 spiro atoms. The minimum Gasteiger partial charge on any atom is -0.493 e. The van der Waals surface area contributed by atoms with Crippen LogP contribution in [0.3, 0.4) is 0 Å². The van der Waals surface area contributed by atoms with E-state index in [1.165, 1.54) is 0 Å². The molecular weight excluding hydrogens is 414 g/mol. The van der Waals surface area contributed by atoms with Crippen molar-refractivity contribution < 1.29 is 9.47 Å². The van der Waals surface area contributed by atoms with Gasteiger partial charge in [0.1, 0.15) is 12.4 Å². The van der Waals surface area contributed by atoms with Gasteiger partial charge >= 0.3 is 0 Å². The molecule has 0 atom stereocenters. The maximum absolute atomic E-state index is 6.04. The van der Waals surface area contributed by atoms with Crippen LogP contribution in [0, 0.1) is 0 Å². The van der Waals surface area contributed by atoms with Gasteiger partial charge in [-0.05, 0) is 23.3 Å². The number of nitrogens with two attached hydrogens (primary N) is 1. The van der Waals surface area contributed by atoms with Crippen LogP contribution in [0.1, 0.15) is 36.7 Å². The zero-order valence-corrected chi connectivity index (χ0v) is 18.6. The van der Waals surface area contributed by atoms with Crippen molar-refractivity contribution >= 4 is 18.2 Å². The van der Waals surface area contributed by atoms with E-state index < -0.39 is 0 Å². The predicted molar refractivity (Wildman–Crippen MR) is 123 cm³/mol. The summed E-state index contributed by atoms with van der Waals surface area (Å²) in [6.07, 6.45) is 1.70. The van der Waals surface area contributed by atoms with Crippen molar-refractivity contribution in [2.75, 3.05) is 12.8 Å². The number of ether oxygens (including phenoxy) is 2. The number of hydrogen-bond acceptors (Lipinski definition) is 6. The summed E-state index contributed by atoms with van der Waals surface area (Å²) in [7, 11) is 1.64. The zero-order chi connectivity index (χ0) is 21.1. The molecule has 8 heteroatoms. The van der Waals surface area contributed by atoms with E-state index in [4.69, 9.17) is 15.2 Å². The average molecular weight is 440 g/mol. The van der Waals surface area contributed by atoms with Crippen LogP contribution in [-0.2, 0) is 13.2 Å². The van der Waals surface area contributed by atoms with E-state index in [-0.39, 0.29) is 18.3 Å². The Hall–Kier alpha value is -3.32. The predicted octanol–water partition coefficient (Wildman–Crippen LogP) is 4.54. The molecule has 2 aromatic rings. The number of aromatic nitrogens is 4. The van der Waals surface area contributed by atoms with E-state index in [0.717, 1.165) is 22.8 Å². The normalized spacial score (nSPS) is 10.8. The summed E-state index contributed by atoms with van der Waals surface area (Å²) >= 11 is 0. The number of fused-ring (bicyclic) bond motifs is 1. The van der Waals surface area contributed by atoms with Crippen LogP contribution in [0.15, 0.2) is 54.9 Å². The maximum atomic E-state index is 6.04. The van der Waals surface area contributed by atoms with Crippen LogP contribution < -0.4 is 15.2 Å². The summed E-state index contributed by atoms with van der Waals surface area (Å²) in [4.78, 5) is 13.5. The molecule has 162 valence electrons. The molecule has 2 aromatic carbocycles. The fourth-order valence-corrected chi connectivity index (χ4v) is 3.21. The number of methoxy groups -OCH3 is 1. The molecule has 0 saturated carbocycles. The largest absolute Gasteiger partial charge is 0.493 e. The number of nitrogen functional groups attached to an aromatic ring is 1. The lowest BCUT2D eigenvalue weighted by molar-refractivity contribution is 0.284. The van der Waals surface area contributed by atoms with E-state index in [1.807, 2.05) is 53.1 Å². The van der Waals surface area contributed by atoms with Crippen LogP contribution in [0.25, 0.3) is 11.5 Å². The average Bonchev–Trinajstić information content (AvgIpc) is 3.22. The Kier molecular flexibility index (Phi) is 6.97. The molecule has 7 nitrogen and oxygen atoms in total. The van der Waals surface area contributed by atoms with Crippen molar-refractivity contribution in [2.24, 2.45) is 0 Å². The van der Waals surface area contributed by atoms with Gasteiger partial charge in [-0.25, -0.2) is 15.0 Å². The van der Waals surface area contributed by atoms with E-state index in [2.05, 4.69) is 28.8 Å².